The number of anilines is 1. The van der Waals surface area contributed by atoms with E-state index in [9.17, 15) is 0 Å². The van der Waals surface area contributed by atoms with Crippen LogP contribution in [0.15, 0.2) is 28.6 Å². The number of nitrogens with one attached hydrogen (secondary N) is 2. The van der Waals surface area contributed by atoms with Crippen molar-refractivity contribution in [1.82, 2.24) is 19.9 Å². The van der Waals surface area contributed by atoms with Gasteiger partial charge in [0, 0.05) is 31.4 Å². The van der Waals surface area contributed by atoms with E-state index in [4.69, 9.17) is 0 Å². The average molecular weight is 263 g/mol. The van der Waals surface area contributed by atoms with Crippen molar-refractivity contribution >= 4 is 17.6 Å². The smallest absolute Gasteiger partial charge is 0.171 e. The Morgan fingerprint density at radius 3 is 2.89 bits per heavy atom. The topological polar surface area (TPSA) is 66.5 Å². The third-order valence-electron chi connectivity index (χ3n) is 2.30. The van der Waals surface area contributed by atoms with Gasteiger partial charge in [-0.1, -0.05) is 13.8 Å². The highest BCUT2D eigenvalue weighted by molar-refractivity contribution is 7.99. The van der Waals surface area contributed by atoms with Gasteiger partial charge >= 0.3 is 0 Å². The van der Waals surface area contributed by atoms with Crippen molar-refractivity contribution in [1.29, 1.82) is 0 Å². The summed E-state index contributed by atoms with van der Waals surface area (Å²) in [5, 5.41) is 5.05. The predicted molar refractivity (Wildman–Crippen MR) is 72.9 cm³/mol. The molecule has 0 amide bonds. The number of nitrogens with zero attached hydrogens (tertiary/aromatic N) is 3. The summed E-state index contributed by atoms with van der Waals surface area (Å²) in [5.41, 5.74) is 0. The Labute approximate surface area is 111 Å². The predicted octanol–water partition coefficient (Wildman–Crippen LogP) is 2.74. The molecule has 0 aliphatic rings. The third-order valence-corrected chi connectivity index (χ3v) is 3.13. The van der Waals surface area contributed by atoms with Crippen LogP contribution in [0.3, 0.4) is 0 Å². The maximum atomic E-state index is 4.49. The number of aromatic amines is 1. The van der Waals surface area contributed by atoms with E-state index in [-0.39, 0.29) is 0 Å². The number of aryl methyl sites for hydroxylation is 1. The Kier molecular flexibility index (Phi) is 4.58. The lowest BCUT2D eigenvalue weighted by molar-refractivity contribution is 0.875. The molecule has 2 rings (SSSR count). The third kappa shape index (κ3) is 3.46. The number of aromatic nitrogens is 4. The summed E-state index contributed by atoms with van der Waals surface area (Å²) in [7, 11) is 0. The van der Waals surface area contributed by atoms with Gasteiger partial charge in [-0.25, -0.2) is 15.0 Å². The van der Waals surface area contributed by atoms with E-state index in [1.165, 1.54) is 11.8 Å². The molecular weight excluding hydrogens is 246 g/mol. The van der Waals surface area contributed by atoms with Gasteiger partial charge in [0.2, 0.25) is 0 Å². The van der Waals surface area contributed by atoms with Crippen LogP contribution in [-0.2, 0) is 6.42 Å². The molecule has 0 atom stereocenters. The molecule has 18 heavy (non-hydrogen) atoms. The molecule has 0 bridgehead atoms. The van der Waals surface area contributed by atoms with Gasteiger partial charge in [-0.15, -0.1) is 0 Å². The Bertz CT molecular complexity index is 483. The SMILES string of the molecule is CCCNc1cc(Sc2ncc[nH]2)nc(CC)n1. The highest BCUT2D eigenvalue weighted by Crippen LogP contribution is 2.24. The van der Waals surface area contributed by atoms with Gasteiger partial charge in [0.05, 0.1) is 0 Å². The molecule has 0 unspecified atom stereocenters. The largest absolute Gasteiger partial charge is 0.370 e. The minimum absolute atomic E-state index is 0.827. The first-order valence-corrected chi connectivity index (χ1v) is 6.92. The maximum absolute atomic E-state index is 4.49. The first-order chi connectivity index (χ1) is 8.81. The monoisotopic (exact) mass is 263 g/mol. The van der Waals surface area contributed by atoms with Gasteiger partial charge in [-0.2, -0.15) is 0 Å². The lowest BCUT2D eigenvalue weighted by atomic mass is 10.4. The fourth-order valence-corrected chi connectivity index (χ4v) is 2.19. The van der Waals surface area contributed by atoms with Crippen molar-refractivity contribution in [3.8, 4) is 0 Å². The zero-order valence-electron chi connectivity index (χ0n) is 10.6. The summed E-state index contributed by atoms with van der Waals surface area (Å²) < 4.78 is 0. The van der Waals surface area contributed by atoms with Gasteiger partial charge in [-0.05, 0) is 18.2 Å². The fourth-order valence-electron chi connectivity index (χ4n) is 1.43. The Hall–Kier alpha value is -1.56. The summed E-state index contributed by atoms with van der Waals surface area (Å²) >= 11 is 1.51. The number of H-pyrrole nitrogens is 1. The second-order valence-electron chi connectivity index (χ2n) is 3.78. The lowest BCUT2D eigenvalue weighted by Gasteiger charge is -2.07. The molecule has 2 N–H and O–H groups in total. The van der Waals surface area contributed by atoms with E-state index in [0.29, 0.717) is 0 Å². The maximum Gasteiger partial charge on any atom is 0.171 e. The zero-order chi connectivity index (χ0) is 12.8. The van der Waals surface area contributed by atoms with Crippen LogP contribution in [0.2, 0.25) is 0 Å². The van der Waals surface area contributed by atoms with Crippen LogP contribution < -0.4 is 5.32 Å². The summed E-state index contributed by atoms with van der Waals surface area (Å²) in [6, 6.07) is 1.96. The highest BCUT2D eigenvalue weighted by Gasteiger charge is 2.06. The highest BCUT2D eigenvalue weighted by atomic mass is 32.2. The average Bonchev–Trinajstić information content (AvgIpc) is 2.89. The van der Waals surface area contributed by atoms with Crippen molar-refractivity contribution in [2.75, 3.05) is 11.9 Å². The Balaban J connectivity index is 2.17. The van der Waals surface area contributed by atoms with Crippen LogP contribution in [-0.4, -0.2) is 26.5 Å². The molecule has 0 aliphatic carbocycles. The Morgan fingerprint density at radius 1 is 1.33 bits per heavy atom. The second-order valence-corrected chi connectivity index (χ2v) is 4.79. The zero-order valence-corrected chi connectivity index (χ0v) is 11.4. The normalized spacial score (nSPS) is 10.6. The van der Waals surface area contributed by atoms with Crippen molar-refractivity contribution in [3.63, 3.8) is 0 Å². The molecule has 2 aromatic heterocycles. The summed E-state index contributed by atoms with van der Waals surface area (Å²) in [4.78, 5) is 16.2. The van der Waals surface area contributed by atoms with Gasteiger partial charge in [0.15, 0.2) is 5.16 Å². The van der Waals surface area contributed by atoms with E-state index in [1.807, 2.05) is 6.07 Å². The molecule has 96 valence electrons. The van der Waals surface area contributed by atoms with E-state index in [1.54, 1.807) is 12.4 Å². The standard InChI is InChI=1S/C12H17N5S/c1-3-5-13-10-8-11(17-9(4-2)16-10)18-12-14-6-7-15-12/h6-8H,3-5H2,1-2H3,(H,14,15)(H,13,16,17). The summed E-state index contributed by atoms with van der Waals surface area (Å²) in [5.74, 6) is 1.74. The van der Waals surface area contributed by atoms with Crippen molar-refractivity contribution < 1.29 is 0 Å². The van der Waals surface area contributed by atoms with Crippen LogP contribution in [0.25, 0.3) is 0 Å². The molecule has 2 heterocycles. The quantitative estimate of drug-likeness (QED) is 0.784. The molecule has 0 aromatic carbocycles. The first kappa shape index (κ1) is 12.9. The van der Waals surface area contributed by atoms with E-state index >= 15 is 0 Å². The van der Waals surface area contributed by atoms with Crippen LogP contribution in [0.5, 0.6) is 0 Å². The molecule has 0 aliphatic heterocycles. The summed E-state index contributed by atoms with van der Waals surface area (Å²) in [6.07, 6.45) is 5.44. The van der Waals surface area contributed by atoms with Crippen LogP contribution in [0.1, 0.15) is 26.1 Å². The molecule has 0 saturated carbocycles. The van der Waals surface area contributed by atoms with Crippen molar-refractivity contribution in [2.24, 2.45) is 0 Å². The van der Waals surface area contributed by atoms with Gasteiger partial charge in [-0.3, -0.25) is 0 Å². The molecule has 6 heteroatoms. The molecule has 5 nitrogen and oxygen atoms in total. The first-order valence-electron chi connectivity index (χ1n) is 6.11. The van der Waals surface area contributed by atoms with Crippen molar-refractivity contribution in [2.45, 2.75) is 36.9 Å². The van der Waals surface area contributed by atoms with Crippen LogP contribution in [0.4, 0.5) is 5.82 Å². The van der Waals surface area contributed by atoms with Crippen LogP contribution in [0, 0.1) is 0 Å². The molecular formula is C12H17N5S. The van der Waals surface area contributed by atoms with Crippen LogP contribution >= 0.6 is 11.8 Å². The van der Waals surface area contributed by atoms with Crippen molar-refractivity contribution in [3.05, 3.63) is 24.3 Å². The molecule has 2 aromatic rings. The van der Waals surface area contributed by atoms with Gasteiger partial charge < -0.3 is 10.3 Å². The van der Waals surface area contributed by atoms with Gasteiger partial charge in [0.1, 0.15) is 16.7 Å². The molecule has 0 saturated heterocycles. The van der Waals surface area contributed by atoms with E-state index in [2.05, 4.69) is 39.1 Å². The number of hydrogen-bond donors (Lipinski definition) is 2. The number of hydrogen-bond acceptors (Lipinski definition) is 5. The molecule has 0 spiro atoms. The minimum Gasteiger partial charge on any atom is -0.370 e. The van der Waals surface area contributed by atoms with E-state index < -0.39 is 0 Å². The lowest BCUT2D eigenvalue weighted by Crippen LogP contribution is -2.05. The van der Waals surface area contributed by atoms with Gasteiger partial charge in [0.25, 0.3) is 0 Å². The minimum atomic E-state index is 0.827. The molecule has 0 fully saturated rings. The number of imidazole rings is 1. The Morgan fingerprint density at radius 2 is 2.22 bits per heavy atom. The fraction of sp³-hybridized carbons (Fsp3) is 0.417. The number of rotatable bonds is 6. The second kappa shape index (κ2) is 6.39. The van der Waals surface area contributed by atoms with E-state index in [0.717, 1.165) is 41.2 Å². The molecule has 0 radical (unpaired) electrons. The summed E-state index contributed by atoms with van der Waals surface area (Å²) in [6.45, 7) is 5.11.